The fraction of sp³-hybridized carbons (Fsp3) is 0.0625. The Bertz CT molecular complexity index is 1830. The van der Waals surface area contributed by atoms with Crippen LogP contribution in [-0.4, -0.2) is 33.8 Å². The highest BCUT2D eigenvalue weighted by atomic mass is 35.5. The molecule has 0 saturated carbocycles. The Hall–Kier alpha value is -4.97. The summed E-state index contributed by atoms with van der Waals surface area (Å²) >= 11 is 13.5. The number of hydrogen-bond acceptors (Lipinski definition) is 7. The summed E-state index contributed by atoms with van der Waals surface area (Å²) in [5.41, 5.74) is 1.28. The minimum absolute atomic E-state index is 0.0402. The maximum absolute atomic E-state index is 13.3. The number of rotatable bonds is 9. The van der Waals surface area contributed by atoms with Gasteiger partial charge < -0.3 is 10.6 Å². The zero-order chi connectivity index (χ0) is 32.1. The van der Waals surface area contributed by atoms with Crippen LogP contribution in [0.5, 0.6) is 0 Å². The van der Waals surface area contributed by atoms with Crippen LogP contribution in [0.25, 0.3) is 6.08 Å². The van der Waals surface area contributed by atoms with Crippen molar-refractivity contribution in [2.24, 2.45) is 0 Å². The van der Waals surface area contributed by atoms with Gasteiger partial charge in [0.15, 0.2) is 0 Å². The lowest BCUT2D eigenvalue weighted by molar-refractivity contribution is -0.384. The lowest BCUT2D eigenvalue weighted by atomic mass is 10.1. The van der Waals surface area contributed by atoms with Crippen molar-refractivity contribution in [3.8, 4) is 0 Å². The lowest BCUT2D eigenvalue weighted by Crippen LogP contribution is -2.31. The van der Waals surface area contributed by atoms with Gasteiger partial charge >= 0.3 is 0 Å². The van der Waals surface area contributed by atoms with E-state index in [1.165, 1.54) is 48.2 Å². The van der Waals surface area contributed by atoms with Crippen molar-refractivity contribution >= 4 is 81.7 Å². The number of anilines is 2. The van der Waals surface area contributed by atoms with E-state index < -0.39 is 33.8 Å². The molecule has 1 aliphatic rings. The van der Waals surface area contributed by atoms with Crippen molar-refractivity contribution in [3.63, 3.8) is 0 Å². The Kier molecular flexibility index (Phi) is 9.62. The second-order valence-electron chi connectivity index (χ2n) is 9.67. The van der Waals surface area contributed by atoms with Gasteiger partial charge in [0.25, 0.3) is 17.5 Å². The molecule has 4 aromatic rings. The van der Waals surface area contributed by atoms with Crippen LogP contribution in [0.1, 0.15) is 22.3 Å². The summed E-state index contributed by atoms with van der Waals surface area (Å²) in [6, 6.07) is 25.0. The molecular formula is C32H22Cl2N4O6S. The normalized spacial score (nSPS) is 14.8. The number of benzene rings is 4. The number of amides is 4. The predicted molar refractivity (Wildman–Crippen MR) is 173 cm³/mol. The number of thioether (sulfide) groups is 1. The van der Waals surface area contributed by atoms with Gasteiger partial charge in [-0.05, 0) is 72.3 Å². The Morgan fingerprint density at radius 2 is 1.62 bits per heavy atom. The quantitative estimate of drug-likeness (QED) is 0.0877. The highest BCUT2D eigenvalue weighted by molar-refractivity contribution is 8.00. The molecule has 0 radical (unpaired) electrons. The first-order chi connectivity index (χ1) is 21.6. The van der Waals surface area contributed by atoms with E-state index in [9.17, 15) is 29.3 Å². The monoisotopic (exact) mass is 660 g/mol. The van der Waals surface area contributed by atoms with Crippen molar-refractivity contribution in [1.29, 1.82) is 0 Å². The third kappa shape index (κ3) is 7.58. The minimum atomic E-state index is -0.694. The van der Waals surface area contributed by atoms with E-state index in [1.807, 2.05) is 0 Å². The van der Waals surface area contributed by atoms with Crippen LogP contribution < -0.4 is 15.5 Å². The first-order valence-electron chi connectivity index (χ1n) is 13.3. The molecule has 1 unspecified atom stereocenters. The molecule has 10 nitrogen and oxygen atoms in total. The van der Waals surface area contributed by atoms with E-state index in [-0.39, 0.29) is 28.5 Å². The molecule has 13 heteroatoms. The van der Waals surface area contributed by atoms with Crippen LogP contribution in [0.2, 0.25) is 10.0 Å². The van der Waals surface area contributed by atoms with Crippen molar-refractivity contribution in [1.82, 2.24) is 5.32 Å². The summed E-state index contributed by atoms with van der Waals surface area (Å²) in [6.45, 7) is 0. The van der Waals surface area contributed by atoms with Gasteiger partial charge in [0, 0.05) is 44.7 Å². The molecule has 0 aliphatic carbocycles. The Morgan fingerprint density at radius 1 is 0.933 bits per heavy atom. The molecule has 5 rings (SSSR count). The molecule has 1 saturated heterocycles. The van der Waals surface area contributed by atoms with Gasteiger partial charge in [-0.25, -0.2) is 4.90 Å². The number of nitro groups is 1. The van der Waals surface area contributed by atoms with Gasteiger partial charge in [-0.1, -0.05) is 47.5 Å². The van der Waals surface area contributed by atoms with E-state index in [1.54, 1.807) is 66.7 Å². The third-order valence-corrected chi connectivity index (χ3v) is 8.37. The summed E-state index contributed by atoms with van der Waals surface area (Å²) in [5.74, 6) is -1.94. The molecule has 4 amide bonds. The van der Waals surface area contributed by atoms with Crippen molar-refractivity contribution in [3.05, 3.63) is 134 Å². The van der Waals surface area contributed by atoms with Gasteiger partial charge in [-0.2, -0.15) is 0 Å². The fourth-order valence-electron chi connectivity index (χ4n) is 4.39. The minimum Gasteiger partial charge on any atom is -0.321 e. The molecule has 0 spiro atoms. The summed E-state index contributed by atoms with van der Waals surface area (Å²) in [5, 5.41) is 16.3. The molecule has 1 heterocycles. The van der Waals surface area contributed by atoms with Crippen molar-refractivity contribution in [2.75, 3.05) is 10.2 Å². The molecule has 1 atom stereocenters. The molecule has 1 aliphatic heterocycles. The first-order valence-corrected chi connectivity index (χ1v) is 14.9. The van der Waals surface area contributed by atoms with Crippen LogP contribution in [0, 0.1) is 10.1 Å². The standard InChI is InChI=1S/C32H22Cl2N4O6S/c33-21-7-6-20(26(34)17-21)16-27(36-30(40)19-4-2-1-3-5-19)31(41)35-22-8-14-25(15-9-22)45-28-18-29(39)37(32(28)42)23-10-12-24(13-11-23)38(43)44/h1-17,28H,18H2,(H,35,41)(H,36,40)/b27-16-. The van der Waals surface area contributed by atoms with E-state index >= 15 is 0 Å². The molecule has 226 valence electrons. The molecule has 2 N–H and O–H groups in total. The lowest BCUT2D eigenvalue weighted by Gasteiger charge is -2.15. The topological polar surface area (TPSA) is 139 Å². The molecule has 45 heavy (non-hydrogen) atoms. The largest absolute Gasteiger partial charge is 0.321 e. The Morgan fingerprint density at radius 3 is 2.27 bits per heavy atom. The average Bonchev–Trinajstić information content (AvgIpc) is 3.31. The summed E-state index contributed by atoms with van der Waals surface area (Å²) in [6.07, 6.45) is 1.40. The predicted octanol–water partition coefficient (Wildman–Crippen LogP) is 6.74. The maximum Gasteiger partial charge on any atom is 0.272 e. The number of imide groups is 1. The number of nitrogens with zero attached hydrogens (tertiary/aromatic N) is 2. The van der Waals surface area contributed by atoms with Crippen LogP contribution in [-0.2, 0) is 14.4 Å². The van der Waals surface area contributed by atoms with Crippen LogP contribution in [0.4, 0.5) is 17.1 Å². The number of non-ortho nitro benzene ring substituents is 1. The van der Waals surface area contributed by atoms with E-state index in [0.717, 1.165) is 4.90 Å². The average molecular weight is 662 g/mol. The molecule has 1 fully saturated rings. The molecule has 4 aromatic carbocycles. The molecular weight excluding hydrogens is 639 g/mol. The Balaban J connectivity index is 1.28. The number of nitro benzene ring substituents is 1. The van der Waals surface area contributed by atoms with Crippen molar-refractivity contribution < 1.29 is 24.1 Å². The SMILES string of the molecule is O=C(Nc1ccc(SC2CC(=O)N(c3ccc([N+](=O)[O-])cc3)C2=O)cc1)/C(=C/c1ccc(Cl)cc1Cl)NC(=O)c1ccccc1. The highest BCUT2D eigenvalue weighted by Crippen LogP contribution is 2.35. The van der Waals surface area contributed by atoms with Gasteiger partial charge in [-0.3, -0.25) is 29.3 Å². The van der Waals surface area contributed by atoms with E-state index in [2.05, 4.69) is 10.6 Å². The van der Waals surface area contributed by atoms with Gasteiger partial charge in [0.05, 0.1) is 15.9 Å². The maximum atomic E-state index is 13.3. The second kappa shape index (κ2) is 13.8. The summed E-state index contributed by atoms with van der Waals surface area (Å²) < 4.78 is 0. The first kappa shape index (κ1) is 31.5. The third-order valence-electron chi connectivity index (χ3n) is 6.61. The van der Waals surface area contributed by atoms with Crippen LogP contribution >= 0.6 is 35.0 Å². The van der Waals surface area contributed by atoms with Gasteiger partial charge in [-0.15, -0.1) is 11.8 Å². The molecule has 0 aromatic heterocycles. The van der Waals surface area contributed by atoms with Crippen molar-refractivity contribution in [2.45, 2.75) is 16.6 Å². The van der Waals surface area contributed by atoms with E-state index in [4.69, 9.17) is 23.2 Å². The number of hydrogen-bond donors (Lipinski definition) is 2. The number of carbonyl (C=O) groups is 4. The fourth-order valence-corrected chi connectivity index (χ4v) is 5.90. The summed E-state index contributed by atoms with van der Waals surface area (Å²) in [4.78, 5) is 64.0. The number of carbonyl (C=O) groups excluding carboxylic acids is 4. The van der Waals surface area contributed by atoms with Crippen LogP contribution in [0.3, 0.4) is 0 Å². The van der Waals surface area contributed by atoms with E-state index in [0.29, 0.717) is 26.7 Å². The Labute approximate surface area is 271 Å². The smallest absolute Gasteiger partial charge is 0.272 e. The van der Waals surface area contributed by atoms with Crippen LogP contribution in [0.15, 0.2) is 108 Å². The van der Waals surface area contributed by atoms with Gasteiger partial charge in [0.2, 0.25) is 11.8 Å². The second-order valence-corrected chi connectivity index (χ2v) is 11.8. The number of halogens is 2. The highest BCUT2D eigenvalue weighted by Gasteiger charge is 2.40. The molecule has 0 bridgehead atoms. The summed E-state index contributed by atoms with van der Waals surface area (Å²) in [7, 11) is 0. The van der Waals surface area contributed by atoms with Gasteiger partial charge in [0.1, 0.15) is 5.70 Å². The zero-order valence-electron chi connectivity index (χ0n) is 23.1. The zero-order valence-corrected chi connectivity index (χ0v) is 25.4. The number of nitrogens with one attached hydrogen (secondary N) is 2.